The van der Waals surface area contributed by atoms with Crippen LogP contribution in [-0.4, -0.2) is 73.4 Å². The van der Waals surface area contributed by atoms with Crippen LogP contribution in [0.3, 0.4) is 0 Å². The van der Waals surface area contributed by atoms with E-state index in [2.05, 4.69) is 16.0 Å². The SMILES string of the molecule is Nc1cc(C(=O)[C@@H](N)CNC(=O)OCc2ccccc2)ccc1C(c1ccc(C(=O)[C@@H](N)CNC(=O)OCc2ccccc2)cc1N)c1ccc(C(=O)[C@@H](N)CNC(=O)OCc2ccccc2)cc1N. The molecule has 0 unspecified atom stereocenters. The molecule has 0 aliphatic rings. The molecule has 0 saturated heterocycles. The van der Waals surface area contributed by atoms with Gasteiger partial charge in [0.15, 0.2) is 17.3 Å². The number of amides is 3. The third-order valence-electron chi connectivity index (χ3n) is 11.1. The molecule has 3 amide bonds. The van der Waals surface area contributed by atoms with Crippen LogP contribution < -0.4 is 50.4 Å². The second-order valence-electron chi connectivity index (χ2n) is 16.2. The van der Waals surface area contributed by atoms with Gasteiger partial charge in [-0.3, -0.25) is 14.4 Å². The largest absolute Gasteiger partial charge is 0.445 e. The molecule has 0 aliphatic carbocycles. The molecule has 6 rings (SSSR count). The van der Waals surface area contributed by atoms with E-state index in [1.165, 1.54) is 36.4 Å². The van der Waals surface area contributed by atoms with Crippen LogP contribution in [0, 0.1) is 0 Å². The van der Waals surface area contributed by atoms with Gasteiger partial charge in [0.25, 0.3) is 0 Å². The minimum absolute atomic E-state index is 0.0278. The highest BCUT2D eigenvalue weighted by molar-refractivity contribution is 6.03. The Kier molecular flexibility index (Phi) is 17.7. The van der Waals surface area contributed by atoms with Gasteiger partial charge in [-0.1, -0.05) is 127 Å². The lowest BCUT2D eigenvalue weighted by atomic mass is 9.81. The average Bonchev–Trinajstić information content (AvgIpc) is 3.38. The second kappa shape index (κ2) is 24.4. The Labute approximate surface area is 404 Å². The van der Waals surface area contributed by atoms with Gasteiger partial charge in [-0.15, -0.1) is 0 Å². The number of nitrogen functional groups attached to an aromatic ring is 3. The van der Waals surface area contributed by atoms with Gasteiger partial charge in [-0.25, -0.2) is 14.4 Å². The van der Waals surface area contributed by atoms with Crippen LogP contribution in [0.4, 0.5) is 31.4 Å². The zero-order chi connectivity index (χ0) is 50.2. The summed E-state index contributed by atoms with van der Waals surface area (Å²) in [6.07, 6.45) is -2.26. The van der Waals surface area contributed by atoms with E-state index < -0.39 is 59.7 Å². The van der Waals surface area contributed by atoms with Crippen molar-refractivity contribution in [1.82, 2.24) is 16.0 Å². The normalized spacial score (nSPS) is 12.2. The summed E-state index contributed by atoms with van der Waals surface area (Å²) in [5.74, 6) is -2.41. The summed E-state index contributed by atoms with van der Waals surface area (Å²) >= 11 is 0. The Morgan fingerprint density at radius 2 is 0.643 bits per heavy atom. The molecule has 18 nitrogen and oxygen atoms in total. The molecule has 0 heterocycles. The summed E-state index contributed by atoms with van der Waals surface area (Å²) in [7, 11) is 0. The molecule has 0 spiro atoms. The predicted octanol–water partition coefficient (Wildman–Crippen LogP) is 4.92. The van der Waals surface area contributed by atoms with Gasteiger partial charge < -0.3 is 64.6 Å². The summed E-state index contributed by atoms with van der Waals surface area (Å²) in [6.45, 7) is -0.595. The number of Topliss-reactive ketones (excluding diaryl/α,β-unsaturated/α-hetero) is 3. The van der Waals surface area contributed by atoms with E-state index in [0.717, 1.165) is 16.7 Å². The highest BCUT2D eigenvalue weighted by Gasteiger charge is 2.28. The molecule has 70 heavy (non-hydrogen) atoms. The summed E-state index contributed by atoms with van der Waals surface area (Å²) in [4.78, 5) is 77.7. The Morgan fingerprint density at radius 3 is 0.886 bits per heavy atom. The van der Waals surface area contributed by atoms with Crippen molar-refractivity contribution in [3.05, 3.63) is 196 Å². The number of hydrogen-bond acceptors (Lipinski definition) is 15. The maximum absolute atomic E-state index is 13.5. The Morgan fingerprint density at radius 1 is 0.386 bits per heavy atom. The second-order valence-corrected chi connectivity index (χ2v) is 16.2. The van der Waals surface area contributed by atoms with Gasteiger partial charge in [-0.05, 0) is 51.6 Å². The van der Waals surface area contributed by atoms with Crippen molar-refractivity contribution < 1.29 is 43.0 Å². The van der Waals surface area contributed by atoms with Crippen molar-refractivity contribution in [1.29, 1.82) is 0 Å². The van der Waals surface area contributed by atoms with E-state index in [-0.39, 0.29) is 73.2 Å². The zero-order valence-electron chi connectivity index (χ0n) is 38.0. The first-order valence-corrected chi connectivity index (χ1v) is 22.1. The Bertz CT molecular complexity index is 2500. The van der Waals surface area contributed by atoms with Crippen molar-refractivity contribution >= 4 is 52.7 Å². The third kappa shape index (κ3) is 14.0. The lowest BCUT2D eigenvalue weighted by Gasteiger charge is -2.25. The molecular formula is C52H55N9O9. The van der Waals surface area contributed by atoms with E-state index in [0.29, 0.717) is 16.7 Å². The van der Waals surface area contributed by atoms with Gasteiger partial charge >= 0.3 is 18.3 Å². The number of hydrogen-bond donors (Lipinski definition) is 9. The lowest BCUT2D eigenvalue weighted by molar-refractivity contribution is 0.0948. The van der Waals surface area contributed by atoms with Gasteiger partial charge in [0.05, 0.1) is 18.1 Å². The molecule has 0 aromatic heterocycles. The summed E-state index contributed by atoms with van der Waals surface area (Å²) < 4.78 is 15.7. The zero-order valence-corrected chi connectivity index (χ0v) is 38.0. The van der Waals surface area contributed by atoms with E-state index in [1.807, 2.05) is 54.6 Å². The first-order valence-electron chi connectivity index (χ1n) is 22.1. The van der Waals surface area contributed by atoms with Crippen molar-refractivity contribution in [2.75, 3.05) is 36.8 Å². The van der Waals surface area contributed by atoms with Gasteiger partial charge in [0.1, 0.15) is 19.8 Å². The number of nitrogens with one attached hydrogen (secondary N) is 3. The van der Waals surface area contributed by atoms with Gasteiger partial charge in [-0.2, -0.15) is 0 Å². The Hall–Kier alpha value is -8.58. The molecule has 18 heteroatoms. The van der Waals surface area contributed by atoms with Crippen LogP contribution in [0.1, 0.15) is 70.4 Å². The molecule has 6 aromatic carbocycles. The maximum Gasteiger partial charge on any atom is 0.407 e. The van der Waals surface area contributed by atoms with Crippen LogP contribution in [0.25, 0.3) is 0 Å². The number of alkyl carbamates (subject to hydrolysis) is 3. The van der Waals surface area contributed by atoms with E-state index in [1.54, 1.807) is 54.6 Å². The highest BCUT2D eigenvalue weighted by atomic mass is 16.6. The molecule has 0 bridgehead atoms. The van der Waals surface area contributed by atoms with Gasteiger partial charge in [0, 0.05) is 59.3 Å². The topological polar surface area (TPSA) is 322 Å². The molecule has 3 atom stereocenters. The molecular weight excluding hydrogens is 895 g/mol. The molecule has 0 saturated carbocycles. The molecule has 6 aromatic rings. The summed E-state index contributed by atoms with van der Waals surface area (Å²) in [6, 6.07) is 37.4. The smallest absolute Gasteiger partial charge is 0.407 e. The fourth-order valence-electron chi connectivity index (χ4n) is 7.30. The minimum Gasteiger partial charge on any atom is -0.445 e. The number of nitrogens with two attached hydrogens (primary N) is 6. The number of carbonyl (C=O) groups excluding carboxylic acids is 6. The number of carbonyl (C=O) groups is 6. The third-order valence-corrected chi connectivity index (χ3v) is 11.1. The predicted molar refractivity (Wildman–Crippen MR) is 264 cm³/mol. The van der Waals surface area contributed by atoms with Crippen molar-refractivity contribution in [2.24, 2.45) is 17.2 Å². The maximum atomic E-state index is 13.5. The number of benzene rings is 6. The Balaban J connectivity index is 1.19. The standard InChI is InChI=1S/C52H55N9O9/c53-40-22-34(47(62)43(56)25-59-50(65)68-28-31-10-4-1-5-11-31)16-19-37(40)46(38-20-17-35(23-41(38)54)48(63)44(57)26-60-51(66)69-29-32-12-6-2-7-13-32)39-21-18-36(24-42(39)55)49(64)45(58)27-61-52(67)70-30-33-14-8-3-9-15-33/h1-24,43-46H,25-30,53-58H2,(H,59,65)(H,60,66)(H,61,67)/t43-,44-,45-/m0/s1. The van der Waals surface area contributed by atoms with Crippen molar-refractivity contribution in [3.63, 3.8) is 0 Å². The van der Waals surface area contributed by atoms with Crippen LogP contribution in [0.5, 0.6) is 0 Å². The fraction of sp³-hybridized carbons (Fsp3) is 0.192. The van der Waals surface area contributed by atoms with Crippen LogP contribution in [-0.2, 0) is 34.0 Å². The van der Waals surface area contributed by atoms with Crippen molar-refractivity contribution in [3.8, 4) is 0 Å². The molecule has 362 valence electrons. The quantitative estimate of drug-likeness (QED) is 0.0200. The lowest BCUT2D eigenvalue weighted by Crippen LogP contribution is -2.42. The monoisotopic (exact) mass is 949 g/mol. The summed E-state index contributed by atoms with van der Waals surface area (Å²) in [5.41, 5.74) is 43.3. The van der Waals surface area contributed by atoms with E-state index in [4.69, 9.17) is 48.6 Å². The molecule has 0 aliphatic heterocycles. The highest BCUT2D eigenvalue weighted by Crippen LogP contribution is 2.41. The average molecular weight is 950 g/mol. The molecule has 0 fully saturated rings. The van der Waals surface area contributed by atoms with Crippen LogP contribution in [0.15, 0.2) is 146 Å². The van der Waals surface area contributed by atoms with Crippen LogP contribution in [0.2, 0.25) is 0 Å². The van der Waals surface area contributed by atoms with Crippen LogP contribution >= 0.6 is 0 Å². The fourth-order valence-corrected chi connectivity index (χ4v) is 7.30. The molecule has 15 N–H and O–H groups in total. The first-order chi connectivity index (χ1) is 33.7. The van der Waals surface area contributed by atoms with Gasteiger partial charge in [0.2, 0.25) is 0 Å². The summed E-state index contributed by atoms with van der Waals surface area (Å²) in [5, 5.41) is 7.53. The number of ketones is 3. The minimum atomic E-state index is -1.16. The number of ether oxygens (including phenoxy) is 3. The number of anilines is 3. The first kappa shape index (κ1) is 50.8. The number of rotatable bonds is 21. The van der Waals surface area contributed by atoms with E-state index in [9.17, 15) is 28.8 Å². The van der Waals surface area contributed by atoms with E-state index >= 15 is 0 Å². The van der Waals surface area contributed by atoms with Crippen molar-refractivity contribution in [2.45, 2.75) is 43.9 Å². The molecule has 0 radical (unpaired) electrons.